The number of aromatic nitrogens is 1. The minimum Gasteiger partial charge on any atom is -0.481 e. The summed E-state index contributed by atoms with van der Waals surface area (Å²) in [4.78, 5) is 28.7. The molecule has 2 aromatic carbocycles. The van der Waals surface area contributed by atoms with Crippen LogP contribution in [0.4, 0.5) is 5.69 Å². The van der Waals surface area contributed by atoms with Crippen molar-refractivity contribution in [3.8, 4) is 0 Å². The molecule has 4 rings (SSSR count). The number of amides is 1. The highest BCUT2D eigenvalue weighted by molar-refractivity contribution is 7.16. The smallest absolute Gasteiger partial charge is 0.305 e. The molecule has 0 bridgehead atoms. The molecule has 1 aromatic heterocycles. The van der Waals surface area contributed by atoms with Gasteiger partial charge >= 0.3 is 5.97 Å². The van der Waals surface area contributed by atoms with Gasteiger partial charge in [-0.15, -0.1) is 11.3 Å². The predicted octanol–water partition coefficient (Wildman–Crippen LogP) is 3.97. The maximum Gasteiger partial charge on any atom is 0.305 e. The second-order valence-electron chi connectivity index (χ2n) is 6.02. The van der Waals surface area contributed by atoms with Crippen molar-refractivity contribution in [1.82, 2.24) is 9.99 Å². The van der Waals surface area contributed by atoms with E-state index in [1.54, 1.807) is 35.8 Å². The number of hydrogen-bond donors (Lipinski definition) is 1. The van der Waals surface area contributed by atoms with Gasteiger partial charge in [0.2, 0.25) is 0 Å². The zero-order chi connectivity index (χ0) is 18.4. The van der Waals surface area contributed by atoms with Crippen LogP contribution >= 0.6 is 22.9 Å². The fourth-order valence-corrected chi connectivity index (χ4v) is 4.16. The monoisotopic (exact) mass is 387 g/mol. The summed E-state index contributed by atoms with van der Waals surface area (Å²) in [6, 6.07) is 10.1. The molecule has 0 aliphatic carbocycles. The molecule has 26 heavy (non-hydrogen) atoms. The molecule has 1 unspecified atom stereocenters. The van der Waals surface area contributed by atoms with E-state index in [1.807, 2.05) is 18.2 Å². The van der Waals surface area contributed by atoms with Crippen molar-refractivity contribution in [3.05, 3.63) is 58.1 Å². The Morgan fingerprint density at radius 2 is 2.12 bits per heavy atom. The molecule has 0 fully saturated rings. The summed E-state index contributed by atoms with van der Waals surface area (Å²) in [5, 5.41) is 13.1. The van der Waals surface area contributed by atoms with E-state index in [2.05, 4.69) is 4.98 Å². The summed E-state index contributed by atoms with van der Waals surface area (Å²) in [5.74, 6) is -1.17. The van der Waals surface area contributed by atoms with Crippen LogP contribution in [0.25, 0.3) is 10.2 Å². The normalized spacial score (nSPS) is 16.8. The molecular weight excluding hydrogens is 374 g/mol. The van der Waals surface area contributed by atoms with Crippen molar-refractivity contribution < 1.29 is 14.7 Å². The number of carboxylic acid groups (broad SMARTS) is 1. The molecule has 132 valence electrons. The first-order chi connectivity index (χ1) is 12.5. The molecule has 2 heterocycles. The number of carboxylic acids is 1. The highest BCUT2D eigenvalue weighted by atomic mass is 35.5. The van der Waals surface area contributed by atoms with E-state index in [4.69, 9.17) is 11.6 Å². The Balaban J connectivity index is 1.90. The van der Waals surface area contributed by atoms with Gasteiger partial charge in [-0.2, -0.15) is 0 Å². The minimum absolute atomic E-state index is 0.167. The lowest BCUT2D eigenvalue weighted by Crippen LogP contribution is -2.51. The summed E-state index contributed by atoms with van der Waals surface area (Å²) in [6.45, 7) is 0. The topological polar surface area (TPSA) is 73.7 Å². The first-order valence-electron chi connectivity index (χ1n) is 7.87. The number of hydrazine groups is 1. The lowest BCUT2D eigenvalue weighted by molar-refractivity contribution is -0.137. The van der Waals surface area contributed by atoms with Gasteiger partial charge in [-0.05, 0) is 42.0 Å². The van der Waals surface area contributed by atoms with Gasteiger partial charge in [-0.25, -0.2) is 4.98 Å². The highest BCUT2D eigenvalue weighted by Crippen LogP contribution is 2.39. The van der Waals surface area contributed by atoms with Crippen LogP contribution in [0, 0.1) is 0 Å². The van der Waals surface area contributed by atoms with Gasteiger partial charge in [-0.3, -0.25) is 19.6 Å². The maximum atomic E-state index is 12.8. The molecule has 3 aromatic rings. The largest absolute Gasteiger partial charge is 0.481 e. The van der Waals surface area contributed by atoms with Gasteiger partial charge in [0.25, 0.3) is 5.91 Å². The van der Waals surface area contributed by atoms with E-state index in [1.165, 1.54) is 16.3 Å². The lowest BCUT2D eigenvalue weighted by atomic mass is 9.94. The highest BCUT2D eigenvalue weighted by Gasteiger charge is 2.37. The summed E-state index contributed by atoms with van der Waals surface area (Å²) < 4.78 is 1.03. The van der Waals surface area contributed by atoms with Gasteiger partial charge < -0.3 is 5.11 Å². The molecular formula is C18H14ClN3O3S. The SMILES string of the molecule is CN1C(=O)c2ccc(Cl)cc2C(CC(=O)O)N1c1ccc2scnc2c1. The standard InChI is InChI=1S/C18H14ClN3O3S/c1-21-18(25)12-4-2-10(19)6-13(12)15(8-17(23)24)22(21)11-3-5-16-14(7-11)20-9-26-16/h2-7,9,15H,8H2,1H3,(H,23,24). The first kappa shape index (κ1) is 16.8. The Hall–Kier alpha value is -2.64. The Bertz CT molecular complexity index is 1040. The quantitative estimate of drug-likeness (QED) is 0.736. The van der Waals surface area contributed by atoms with Crippen LogP contribution in [-0.2, 0) is 4.79 Å². The number of rotatable bonds is 3. The summed E-state index contributed by atoms with van der Waals surface area (Å²) >= 11 is 7.64. The molecule has 0 spiro atoms. The molecule has 0 saturated heterocycles. The Morgan fingerprint density at radius 3 is 2.88 bits per heavy atom. The van der Waals surface area contributed by atoms with E-state index >= 15 is 0 Å². The zero-order valence-corrected chi connectivity index (χ0v) is 15.3. The fourth-order valence-electron chi connectivity index (χ4n) is 3.32. The molecule has 6 nitrogen and oxygen atoms in total. The first-order valence-corrected chi connectivity index (χ1v) is 9.13. The maximum absolute atomic E-state index is 12.8. The summed E-state index contributed by atoms with van der Waals surface area (Å²) in [6.07, 6.45) is -0.167. The van der Waals surface area contributed by atoms with Crippen LogP contribution in [0.15, 0.2) is 41.9 Å². The summed E-state index contributed by atoms with van der Waals surface area (Å²) in [7, 11) is 1.64. The third kappa shape index (κ3) is 2.69. The van der Waals surface area contributed by atoms with Crippen LogP contribution < -0.4 is 5.01 Å². The van der Waals surface area contributed by atoms with Crippen LogP contribution in [0.5, 0.6) is 0 Å². The van der Waals surface area contributed by atoms with Gasteiger partial charge in [0, 0.05) is 17.6 Å². The van der Waals surface area contributed by atoms with E-state index in [9.17, 15) is 14.7 Å². The third-order valence-corrected chi connectivity index (χ3v) is 5.51. The van der Waals surface area contributed by atoms with E-state index in [-0.39, 0.29) is 12.3 Å². The number of nitrogens with zero attached hydrogens (tertiary/aromatic N) is 3. The van der Waals surface area contributed by atoms with Gasteiger partial charge in [0.05, 0.1) is 33.9 Å². The van der Waals surface area contributed by atoms with E-state index in [0.717, 1.165) is 10.2 Å². The van der Waals surface area contributed by atoms with Crippen molar-refractivity contribution in [2.45, 2.75) is 12.5 Å². The second-order valence-corrected chi connectivity index (χ2v) is 7.35. The Labute approximate surface area is 158 Å². The van der Waals surface area contributed by atoms with Crippen LogP contribution in [0.2, 0.25) is 5.02 Å². The van der Waals surface area contributed by atoms with Crippen molar-refractivity contribution in [1.29, 1.82) is 0 Å². The van der Waals surface area contributed by atoms with Crippen molar-refractivity contribution >= 4 is 50.7 Å². The summed E-state index contributed by atoms with van der Waals surface area (Å²) in [5.41, 5.74) is 4.34. The number of carbonyl (C=O) groups excluding carboxylic acids is 1. The average Bonchev–Trinajstić information content (AvgIpc) is 3.07. The third-order valence-electron chi connectivity index (χ3n) is 4.46. The van der Waals surface area contributed by atoms with Crippen LogP contribution in [0.3, 0.4) is 0 Å². The number of thiazole rings is 1. The van der Waals surface area contributed by atoms with Crippen LogP contribution in [0.1, 0.15) is 28.4 Å². The number of hydrogen-bond acceptors (Lipinski definition) is 5. The molecule has 0 radical (unpaired) electrons. The van der Waals surface area contributed by atoms with Crippen LogP contribution in [-0.4, -0.2) is 34.0 Å². The number of halogens is 1. The number of fused-ring (bicyclic) bond motifs is 2. The van der Waals surface area contributed by atoms with Crippen molar-refractivity contribution in [2.75, 3.05) is 12.1 Å². The number of anilines is 1. The number of carbonyl (C=O) groups is 2. The predicted molar refractivity (Wildman–Crippen MR) is 101 cm³/mol. The van der Waals surface area contributed by atoms with Crippen molar-refractivity contribution in [3.63, 3.8) is 0 Å². The Kier molecular flexibility index (Phi) is 4.05. The molecule has 1 amide bonds. The lowest BCUT2D eigenvalue weighted by Gasteiger charge is -2.44. The van der Waals surface area contributed by atoms with Gasteiger partial charge in [0.15, 0.2) is 0 Å². The van der Waals surface area contributed by atoms with Gasteiger partial charge in [-0.1, -0.05) is 11.6 Å². The average molecular weight is 388 g/mol. The molecule has 1 atom stereocenters. The van der Waals surface area contributed by atoms with E-state index < -0.39 is 12.0 Å². The van der Waals surface area contributed by atoms with Crippen molar-refractivity contribution in [2.24, 2.45) is 0 Å². The number of aliphatic carboxylic acids is 1. The number of benzene rings is 2. The fraction of sp³-hybridized carbons (Fsp3) is 0.167. The second kappa shape index (κ2) is 6.26. The molecule has 8 heteroatoms. The zero-order valence-electron chi connectivity index (χ0n) is 13.7. The van der Waals surface area contributed by atoms with Gasteiger partial charge in [0.1, 0.15) is 0 Å². The molecule has 0 saturated carbocycles. The molecule has 1 aliphatic heterocycles. The molecule has 1 N–H and O–H groups in total. The molecule has 1 aliphatic rings. The minimum atomic E-state index is -0.955. The Morgan fingerprint density at radius 1 is 1.31 bits per heavy atom. The van der Waals surface area contributed by atoms with E-state index in [0.29, 0.717) is 21.8 Å².